The first-order chi connectivity index (χ1) is 13.9. The highest BCUT2D eigenvalue weighted by Gasteiger charge is 2.27. The Morgan fingerprint density at radius 1 is 1.07 bits per heavy atom. The van der Waals surface area contributed by atoms with E-state index in [1.807, 2.05) is 24.5 Å². The lowest BCUT2D eigenvalue weighted by Crippen LogP contribution is -2.38. The van der Waals surface area contributed by atoms with Crippen LogP contribution >= 0.6 is 0 Å². The Morgan fingerprint density at radius 3 is 2.71 bits per heavy atom. The highest BCUT2D eigenvalue weighted by molar-refractivity contribution is 5.61. The van der Waals surface area contributed by atoms with E-state index in [2.05, 4.69) is 9.88 Å². The highest BCUT2D eigenvalue weighted by Crippen LogP contribution is 2.33. The van der Waals surface area contributed by atoms with Crippen molar-refractivity contribution in [2.24, 2.45) is 5.92 Å². The Morgan fingerprint density at radius 2 is 1.93 bits per heavy atom. The fourth-order valence-corrected chi connectivity index (χ4v) is 4.53. The van der Waals surface area contributed by atoms with Gasteiger partial charge in [0.15, 0.2) is 5.82 Å². The summed E-state index contributed by atoms with van der Waals surface area (Å²) in [6, 6.07) is 3.99. The number of pyridine rings is 1. The van der Waals surface area contributed by atoms with Crippen molar-refractivity contribution in [2.45, 2.75) is 44.6 Å². The molecule has 28 heavy (non-hydrogen) atoms. The van der Waals surface area contributed by atoms with E-state index in [-0.39, 0.29) is 0 Å². The molecule has 0 amide bonds. The van der Waals surface area contributed by atoms with Crippen LogP contribution in [0.5, 0.6) is 0 Å². The van der Waals surface area contributed by atoms with Crippen LogP contribution in [0.1, 0.15) is 36.9 Å². The molecule has 3 aliphatic rings. The number of aromatic nitrogens is 3. The van der Waals surface area contributed by atoms with Crippen LogP contribution in [-0.4, -0.2) is 54.0 Å². The van der Waals surface area contributed by atoms with Crippen molar-refractivity contribution >= 4 is 5.82 Å². The molecule has 2 fully saturated rings. The number of nitrogens with zero attached hydrogens (tertiary/aromatic N) is 4. The standard InChI is InChI=1S/C22H28N4O2/c1-2-19-20(3-1)24-21(17-4-9-23-10-5-17)25-22(19)26-11-6-18(7-12-26)28-15-16-8-13-27-14-16/h4-5,9-10,16,18H,1-3,6-8,11-15H2. The number of fused-ring (bicyclic) bond motifs is 1. The van der Waals surface area contributed by atoms with Gasteiger partial charge in [0.05, 0.1) is 19.3 Å². The third kappa shape index (κ3) is 3.76. The molecule has 4 heterocycles. The van der Waals surface area contributed by atoms with E-state index in [1.54, 1.807) is 0 Å². The summed E-state index contributed by atoms with van der Waals surface area (Å²) < 4.78 is 11.6. The predicted octanol–water partition coefficient (Wildman–Crippen LogP) is 3.05. The molecular formula is C22H28N4O2. The summed E-state index contributed by atoms with van der Waals surface area (Å²) in [5.41, 5.74) is 3.64. The molecule has 1 unspecified atom stereocenters. The van der Waals surface area contributed by atoms with Gasteiger partial charge in [-0.3, -0.25) is 4.98 Å². The van der Waals surface area contributed by atoms with Gasteiger partial charge in [-0.25, -0.2) is 9.97 Å². The molecule has 6 nitrogen and oxygen atoms in total. The molecule has 2 aromatic heterocycles. The summed E-state index contributed by atoms with van der Waals surface area (Å²) >= 11 is 0. The van der Waals surface area contributed by atoms with Crippen LogP contribution in [-0.2, 0) is 22.3 Å². The Balaban J connectivity index is 1.29. The molecule has 2 aliphatic heterocycles. The quantitative estimate of drug-likeness (QED) is 0.795. The maximum absolute atomic E-state index is 6.19. The van der Waals surface area contributed by atoms with E-state index in [4.69, 9.17) is 19.4 Å². The first kappa shape index (κ1) is 18.0. The lowest BCUT2D eigenvalue weighted by molar-refractivity contribution is 0.0131. The minimum Gasteiger partial charge on any atom is -0.381 e. The SMILES string of the molecule is c1cc(-c2nc3c(c(N4CCC(OCC5CCOC5)CC4)n2)CCC3)ccn1. The Labute approximate surface area is 166 Å². The molecule has 0 saturated carbocycles. The second kappa shape index (κ2) is 8.13. The van der Waals surface area contributed by atoms with Crippen LogP contribution in [0.25, 0.3) is 11.4 Å². The number of aryl methyl sites for hydroxylation is 1. The average molecular weight is 380 g/mol. The van der Waals surface area contributed by atoms with Gasteiger partial charge in [-0.2, -0.15) is 0 Å². The van der Waals surface area contributed by atoms with E-state index in [9.17, 15) is 0 Å². The summed E-state index contributed by atoms with van der Waals surface area (Å²) in [5, 5.41) is 0. The molecule has 0 radical (unpaired) electrons. The molecule has 2 aromatic rings. The van der Waals surface area contributed by atoms with Gasteiger partial charge in [0.25, 0.3) is 0 Å². The van der Waals surface area contributed by atoms with Gasteiger partial charge < -0.3 is 14.4 Å². The number of rotatable bonds is 5. The zero-order chi connectivity index (χ0) is 18.8. The second-order valence-corrected chi connectivity index (χ2v) is 8.13. The monoisotopic (exact) mass is 380 g/mol. The average Bonchev–Trinajstić information content (AvgIpc) is 3.44. The van der Waals surface area contributed by atoms with Crippen molar-refractivity contribution < 1.29 is 9.47 Å². The smallest absolute Gasteiger partial charge is 0.161 e. The van der Waals surface area contributed by atoms with E-state index >= 15 is 0 Å². The van der Waals surface area contributed by atoms with Crippen molar-refractivity contribution in [1.29, 1.82) is 0 Å². The van der Waals surface area contributed by atoms with Gasteiger partial charge in [0, 0.05) is 54.8 Å². The van der Waals surface area contributed by atoms with Gasteiger partial charge in [0.2, 0.25) is 0 Å². The van der Waals surface area contributed by atoms with Crippen LogP contribution in [0.2, 0.25) is 0 Å². The molecule has 148 valence electrons. The van der Waals surface area contributed by atoms with Crippen molar-refractivity contribution in [2.75, 3.05) is 37.8 Å². The maximum Gasteiger partial charge on any atom is 0.161 e. The van der Waals surface area contributed by atoms with Crippen LogP contribution in [0, 0.1) is 5.92 Å². The summed E-state index contributed by atoms with van der Waals surface area (Å²) in [5.74, 6) is 2.57. The highest BCUT2D eigenvalue weighted by atomic mass is 16.5. The van der Waals surface area contributed by atoms with Gasteiger partial charge in [0.1, 0.15) is 5.82 Å². The number of anilines is 1. The fourth-order valence-electron chi connectivity index (χ4n) is 4.53. The minimum atomic E-state index is 0.367. The summed E-state index contributed by atoms with van der Waals surface area (Å²) in [7, 11) is 0. The molecule has 1 atom stereocenters. The lowest BCUT2D eigenvalue weighted by atomic mass is 10.1. The van der Waals surface area contributed by atoms with Gasteiger partial charge in [-0.1, -0.05) is 0 Å². The Hall–Kier alpha value is -2.05. The maximum atomic E-state index is 6.19. The van der Waals surface area contributed by atoms with Gasteiger partial charge >= 0.3 is 0 Å². The predicted molar refractivity (Wildman–Crippen MR) is 107 cm³/mol. The summed E-state index contributed by atoms with van der Waals surface area (Å²) in [6.07, 6.45) is 10.6. The van der Waals surface area contributed by atoms with E-state index in [1.165, 1.54) is 17.7 Å². The van der Waals surface area contributed by atoms with E-state index in [0.29, 0.717) is 12.0 Å². The largest absolute Gasteiger partial charge is 0.381 e. The first-order valence-electron chi connectivity index (χ1n) is 10.6. The molecule has 6 heteroatoms. The van der Waals surface area contributed by atoms with Crippen LogP contribution in [0.4, 0.5) is 5.82 Å². The number of ether oxygens (including phenoxy) is 2. The number of hydrogen-bond donors (Lipinski definition) is 0. The zero-order valence-corrected chi connectivity index (χ0v) is 16.3. The van der Waals surface area contributed by atoms with Crippen LogP contribution < -0.4 is 4.90 Å². The molecule has 1 aliphatic carbocycles. The fraction of sp³-hybridized carbons (Fsp3) is 0.591. The van der Waals surface area contributed by atoms with Crippen LogP contribution in [0.3, 0.4) is 0 Å². The number of piperidine rings is 1. The topological polar surface area (TPSA) is 60.4 Å². The summed E-state index contributed by atoms with van der Waals surface area (Å²) in [6.45, 7) is 4.62. The van der Waals surface area contributed by atoms with Crippen LogP contribution in [0.15, 0.2) is 24.5 Å². The van der Waals surface area contributed by atoms with E-state index in [0.717, 1.165) is 82.2 Å². The third-order valence-electron chi connectivity index (χ3n) is 6.18. The van der Waals surface area contributed by atoms with E-state index < -0.39 is 0 Å². The molecule has 0 bridgehead atoms. The minimum absolute atomic E-state index is 0.367. The molecule has 0 aromatic carbocycles. The van der Waals surface area contributed by atoms with Crippen molar-refractivity contribution in [3.8, 4) is 11.4 Å². The van der Waals surface area contributed by atoms with Crippen molar-refractivity contribution in [1.82, 2.24) is 15.0 Å². The van der Waals surface area contributed by atoms with Gasteiger partial charge in [-0.15, -0.1) is 0 Å². The molecule has 0 N–H and O–H groups in total. The van der Waals surface area contributed by atoms with Gasteiger partial charge in [-0.05, 0) is 50.7 Å². The third-order valence-corrected chi connectivity index (χ3v) is 6.18. The molecule has 5 rings (SSSR count). The normalized spacial score (nSPS) is 22.6. The molecule has 2 saturated heterocycles. The molecular weight excluding hydrogens is 352 g/mol. The lowest BCUT2D eigenvalue weighted by Gasteiger charge is -2.34. The van der Waals surface area contributed by atoms with Crippen molar-refractivity contribution in [3.63, 3.8) is 0 Å². The zero-order valence-electron chi connectivity index (χ0n) is 16.3. The Kier molecular flexibility index (Phi) is 5.23. The Bertz CT molecular complexity index is 800. The molecule has 0 spiro atoms. The number of hydrogen-bond acceptors (Lipinski definition) is 6. The van der Waals surface area contributed by atoms with Crippen molar-refractivity contribution in [3.05, 3.63) is 35.8 Å². The second-order valence-electron chi connectivity index (χ2n) is 8.13. The first-order valence-corrected chi connectivity index (χ1v) is 10.6. The summed E-state index contributed by atoms with van der Waals surface area (Å²) in [4.78, 5) is 16.4.